The number of nitrogens with one attached hydrogen (secondary N) is 2. The quantitative estimate of drug-likeness (QED) is 0.849. The van der Waals surface area contributed by atoms with E-state index in [1.54, 1.807) is 7.11 Å². The Kier molecular flexibility index (Phi) is 4.43. The zero-order valence-electron chi connectivity index (χ0n) is 12.7. The molecule has 118 valence electrons. The van der Waals surface area contributed by atoms with Crippen LogP contribution in [0.3, 0.4) is 0 Å². The minimum atomic E-state index is -0.0719. The molecule has 2 aromatic rings. The number of amides is 1. The van der Waals surface area contributed by atoms with Crippen molar-refractivity contribution >= 4 is 34.6 Å². The number of carbonyl (C=O) groups is 1. The Morgan fingerprint density at radius 1 is 1.26 bits per heavy atom. The van der Waals surface area contributed by atoms with Gasteiger partial charge in [-0.15, -0.1) is 0 Å². The molecule has 3 rings (SSSR count). The average Bonchev–Trinajstić information content (AvgIpc) is 2.59. The van der Waals surface area contributed by atoms with E-state index >= 15 is 0 Å². The predicted octanol–water partition coefficient (Wildman–Crippen LogP) is 2.53. The molecule has 0 fully saturated rings. The molecule has 0 spiro atoms. The minimum absolute atomic E-state index is 0.0719. The van der Waals surface area contributed by atoms with Gasteiger partial charge in [0.05, 0.1) is 18.5 Å². The summed E-state index contributed by atoms with van der Waals surface area (Å²) in [6.45, 7) is 0.800. The lowest BCUT2D eigenvalue weighted by Crippen LogP contribution is -2.46. The van der Waals surface area contributed by atoms with Crippen LogP contribution in [0.5, 0.6) is 5.75 Å². The van der Waals surface area contributed by atoms with Gasteiger partial charge in [-0.1, -0.05) is 24.3 Å². The van der Waals surface area contributed by atoms with Crippen molar-refractivity contribution in [2.45, 2.75) is 6.54 Å². The molecule has 6 heteroatoms. The van der Waals surface area contributed by atoms with Gasteiger partial charge in [0.1, 0.15) is 12.3 Å². The number of methoxy groups -OCH3 is 1. The molecule has 0 aliphatic carbocycles. The van der Waals surface area contributed by atoms with E-state index in [0.29, 0.717) is 11.7 Å². The van der Waals surface area contributed by atoms with E-state index in [1.807, 2.05) is 53.4 Å². The van der Waals surface area contributed by atoms with Gasteiger partial charge in [-0.05, 0) is 42.0 Å². The van der Waals surface area contributed by atoms with Crippen LogP contribution in [0.2, 0.25) is 0 Å². The van der Waals surface area contributed by atoms with Gasteiger partial charge in [-0.2, -0.15) is 0 Å². The maximum Gasteiger partial charge on any atom is 0.244 e. The molecule has 0 bridgehead atoms. The summed E-state index contributed by atoms with van der Waals surface area (Å²) in [5, 5.41) is 6.58. The third-order valence-corrected chi connectivity index (χ3v) is 3.98. The second-order valence-electron chi connectivity index (χ2n) is 5.16. The number of thiocarbonyl (C=S) groups is 1. The monoisotopic (exact) mass is 327 g/mol. The summed E-state index contributed by atoms with van der Waals surface area (Å²) in [5.74, 6) is 0.746. The van der Waals surface area contributed by atoms with Crippen LogP contribution in [0, 0.1) is 0 Å². The van der Waals surface area contributed by atoms with Crippen LogP contribution in [0.25, 0.3) is 0 Å². The van der Waals surface area contributed by atoms with Crippen molar-refractivity contribution in [3.8, 4) is 5.75 Å². The van der Waals surface area contributed by atoms with E-state index in [2.05, 4.69) is 10.6 Å². The summed E-state index contributed by atoms with van der Waals surface area (Å²) in [6.07, 6.45) is 0. The van der Waals surface area contributed by atoms with Gasteiger partial charge < -0.3 is 20.3 Å². The van der Waals surface area contributed by atoms with Crippen LogP contribution in [0.1, 0.15) is 5.56 Å². The highest BCUT2D eigenvalue weighted by molar-refractivity contribution is 7.80. The number of hydrogen-bond acceptors (Lipinski definition) is 3. The predicted molar refractivity (Wildman–Crippen MR) is 94.8 cm³/mol. The Morgan fingerprint density at radius 2 is 2.00 bits per heavy atom. The molecule has 5 nitrogen and oxygen atoms in total. The van der Waals surface area contributed by atoms with E-state index in [1.165, 1.54) is 0 Å². The molecular formula is C17H17N3O2S. The van der Waals surface area contributed by atoms with Crippen LogP contribution >= 0.6 is 12.2 Å². The van der Waals surface area contributed by atoms with Crippen molar-refractivity contribution in [3.63, 3.8) is 0 Å². The minimum Gasteiger partial charge on any atom is -0.497 e. The highest BCUT2D eigenvalue weighted by Gasteiger charge is 2.24. The molecule has 0 radical (unpaired) electrons. The maximum absolute atomic E-state index is 11.8. The molecule has 0 aromatic heterocycles. The summed E-state index contributed by atoms with van der Waals surface area (Å²) in [5.41, 5.74) is 2.76. The van der Waals surface area contributed by atoms with Crippen molar-refractivity contribution in [1.82, 2.24) is 5.32 Å². The first-order chi connectivity index (χ1) is 11.2. The molecule has 0 unspecified atom stereocenters. The first kappa shape index (κ1) is 15.3. The van der Waals surface area contributed by atoms with Gasteiger partial charge in [0, 0.05) is 6.54 Å². The van der Waals surface area contributed by atoms with E-state index in [4.69, 9.17) is 17.0 Å². The number of benzene rings is 2. The van der Waals surface area contributed by atoms with Crippen molar-refractivity contribution in [3.05, 3.63) is 54.1 Å². The fourth-order valence-electron chi connectivity index (χ4n) is 2.43. The number of rotatable bonds is 3. The number of ether oxygens (including phenoxy) is 1. The Balaban J connectivity index is 1.69. The summed E-state index contributed by atoms with van der Waals surface area (Å²) in [6, 6.07) is 15.4. The maximum atomic E-state index is 11.8. The van der Waals surface area contributed by atoms with Crippen LogP contribution in [-0.4, -0.2) is 24.7 Å². The Bertz CT molecular complexity index is 731. The molecule has 0 saturated carbocycles. The Morgan fingerprint density at radius 3 is 2.74 bits per heavy atom. The topological polar surface area (TPSA) is 53.6 Å². The fraction of sp³-hybridized carbons (Fsp3) is 0.176. The first-order valence-electron chi connectivity index (χ1n) is 7.24. The number of nitrogens with zero attached hydrogens (tertiary/aromatic N) is 1. The normalized spacial score (nSPS) is 13.1. The summed E-state index contributed by atoms with van der Waals surface area (Å²) in [7, 11) is 1.64. The molecule has 1 aliphatic heterocycles. The SMILES string of the molecule is COc1ccc(CNC(=S)N2CC(=O)Nc3ccccc32)cc1. The van der Waals surface area contributed by atoms with Gasteiger partial charge in [-0.3, -0.25) is 4.79 Å². The molecule has 2 aromatic carbocycles. The Hall–Kier alpha value is -2.60. The smallest absolute Gasteiger partial charge is 0.244 e. The standard InChI is InChI=1S/C17H17N3O2S/c1-22-13-8-6-12(7-9-13)10-18-17(23)20-11-16(21)19-14-4-2-3-5-15(14)20/h2-9H,10-11H2,1H3,(H,18,23)(H,19,21). The van der Waals surface area contributed by atoms with Gasteiger partial charge in [0.15, 0.2) is 5.11 Å². The average molecular weight is 327 g/mol. The number of carbonyl (C=O) groups excluding carboxylic acids is 1. The van der Waals surface area contributed by atoms with Crippen molar-refractivity contribution in [2.24, 2.45) is 0 Å². The lowest BCUT2D eigenvalue weighted by atomic mass is 10.2. The third kappa shape index (κ3) is 3.43. The first-order valence-corrected chi connectivity index (χ1v) is 7.65. The van der Waals surface area contributed by atoms with Crippen molar-refractivity contribution < 1.29 is 9.53 Å². The number of hydrogen-bond donors (Lipinski definition) is 2. The van der Waals surface area contributed by atoms with Crippen molar-refractivity contribution in [1.29, 1.82) is 0 Å². The molecule has 1 aliphatic rings. The zero-order valence-corrected chi connectivity index (χ0v) is 13.5. The van der Waals surface area contributed by atoms with E-state index < -0.39 is 0 Å². The molecule has 23 heavy (non-hydrogen) atoms. The van der Waals surface area contributed by atoms with Gasteiger partial charge in [-0.25, -0.2) is 0 Å². The second kappa shape index (κ2) is 6.66. The lowest BCUT2D eigenvalue weighted by molar-refractivity contribution is -0.115. The molecule has 1 heterocycles. The van der Waals surface area contributed by atoms with E-state index in [0.717, 1.165) is 22.7 Å². The summed E-state index contributed by atoms with van der Waals surface area (Å²) in [4.78, 5) is 13.6. The summed E-state index contributed by atoms with van der Waals surface area (Å²) < 4.78 is 5.14. The molecule has 0 atom stereocenters. The second-order valence-corrected chi connectivity index (χ2v) is 5.54. The zero-order chi connectivity index (χ0) is 16.2. The molecule has 0 saturated heterocycles. The van der Waals surface area contributed by atoms with Gasteiger partial charge >= 0.3 is 0 Å². The van der Waals surface area contributed by atoms with E-state index in [9.17, 15) is 4.79 Å². The summed E-state index contributed by atoms with van der Waals surface area (Å²) >= 11 is 5.46. The number of para-hydroxylation sites is 2. The number of fused-ring (bicyclic) bond motifs is 1. The van der Waals surface area contributed by atoms with Gasteiger partial charge in [0.2, 0.25) is 5.91 Å². The lowest BCUT2D eigenvalue weighted by Gasteiger charge is -2.31. The fourth-order valence-corrected chi connectivity index (χ4v) is 2.67. The Labute approximate surface area is 140 Å². The van der Waals surface area contributed by atoms with E-state index in [-0.39, 0.29) is 12.5 Å². The molecule has 2 N–H and O–H groups in total. The van der Waals surface area contributed by atoms with Crippen LogP contribution in [0.4, 0.5) is 11.4 Å². The molecule has 1 amide bonds. The highest BCUT2D eigenvalue weighted by Crippen LogP contribution is 2.28. The molecular weight excluding hydrogens is 310 g/mol. The van der Waals surface area contributed by atoms with Crippen molar-refractivity contribution in [2.75, 3.05) is 23.9 Å². The highest BCUT2D eigenvalue weighted by atomic mass is 32.1. The largest absolute Gasteiger partial charge is 0.497 e. The van der Waals surface area contributed by atoms with Crippen LogP contribution < -0.4 is 20.3 Å². The third-order valence-electron chi connectivity index (χ3n) is 3.62. The number of anilines is 2. The van der Waals surface area contributed by atoms with Crippen LogP contribution in [0.15, 0.2) is 48.5 Å². The van der Waals surface area contributed by atoms with Gasteiger partial charge in [0.25, 0.3) is 0 Å². The van der Waals surface area contributed by atoms with Crippen LogP contribution in [-0.2, 0) is 11.3 Å².